The highest BCUT2D eigenvalue weighted by Gasteiger charge is 2.57. The van der Waals surface area contributed by atoms with Crippen molar-refractivity contribution in [3.63, 3.8) is 0 Å². The zero-order chi connectivity index (χ0) is 26.7. The fourth-order valence-electron chi connectivity index (χ4n) is 5.78. The molecule has 204 valence electrons. The number of aliphatic carboxylic acids is 1. The van der Waals surface area contributed by atoms with E-state index in [-0.39, 0.29) is 35.6 Å². The average Bonchev–Trinajstić information content (AvgIpc) is 3.44. The smallest absolute Gasteiger partial charge is 0.303 e. The van der Waals surface area contributed by atoms with Crippen LogP contribution in [-0.4, -0.2) is 46.7 Å². The lowest BCUT2D eigenvalue weighted by Gasteiger charge is -2.31. The normalized spacial score (nSPS) is 24.8. The number of nitrogens with zero attached hydrogens (tertiary/aromatic N) is 1. The molecular formula is C29H41NO7. The maximum atomic E-state index is 11.8. The molecule has 2 fully saturated rings. The van der Waals surface area contributed by atoms with Crippen LogP contribution in [0.1, 0.15) is 70.3 Å². The van der Waals surface area contributed by atoms with E-state index in [4.69, 9.17) is 14.6 Å². The molecule has 1 saturated heterocycles. The van der Waals surface area contributed by atoms with Gasteiger partial charge in [0.1, 0.15) is 5.60 Å². The van der Waals surface area contributed by atoms with E-state index in [0.717, 1.165) is 24.8 Å². The summed E-state index contributed by atoms with van der Waals surface area (Å²) in [5, 5.41) is 32.2. The third-order valence-corrected chi connectivity index (χ3v) is 7.63. The van der Waals surface area contributed by atoms with E-state index in [1.54, 1.807) is 0 Å². The second-order valence-electron chi connectivity index (χ2n) is 10.3. The summed E-state index contributed by atoms with van der Waals surface area (Å²) in [5.41, 5.74) is -0.357. The Kier molecular flexibility index (Phi) is 10.9. The molecule has 1 aromatic rings. The van der Waals surface area contributed by atoms with Crippen molar-refractivity contribution in [3.8, 4) is 0 Å². The minimum absolute atomic E-state index is 0.121. The Labute approximate surface area is 219 Å². The minimum atomic E-state index is -1.17. The van der Waals surface area contributed by atoms with Gasteiger partial charge in [0.05, 0.1) is 13.2 Å². The van der Waals surface area contributed by atoms with E-state index in [1.807, 2.05) is 54.6 Å². The van der Waals surface area contributed by atoms with Crippen LogP contribution in [0.4, 0.5) is 0 Å². The van der Waals surface area contributed by atoms with Crippen molar-refractivity contribution >= 4 is 5.97 Å². The third-order valence-electron chi connectivity index (χ3n) is 7.63. The van der Waals surface area contributed by atoms with Gasteiger partial charge in [-0.2, -0.15) is 0 Å². The molecule has 37 heavy (non-hydrogen) atoms. The van der Waals surface area contributed by atoms with Crippen LogP contribution in [0.25, 0.3) is 0 Å². The van der Waals surface area contributed by atoms with E-state index in [2.05, 4.69) is 6.92 Å². The Morgan fingerprint density at radius 3 is 2.57 bits per heavy atom. The summed E-state index contributed by atoms with van der Waals surface area (Å²) < 4.78 is 12.2. The SMILES string of the molecule is CCCCCC(O)(/C=C\C1C(C[N+](=O)[O-])CC2(OCCO2)C1C/C=C/CCCC(=O)O)c1ccccc1. The number of carboxylic acids is 1. The molecule has 2 aliphatic rings. The van der Waals surface area contributed by atoms with E-state index in [0.29, 0.717) is 45.3 Å². The highest BCUT2D eigenvalue weighted by molar-refractivity contribution is 5.66. The number of rotatable bonds is 15. The summed E-state index contributed by atoms with van der Waals surface area (Å²) in [6.45, 7) is 2.83. The summed E-state index contributed by atoms with van der Waals surface area (Å²) >= 11 is 0. The fourth-order valence-corrected chi connectivity index (χ4v) is 5.78. The summed E-state index contributed by atoms with van der Waals surface area (Å²) in [4.78, 5) is 22.1. The van der Waals surface area contributed by atoms with Crippen LogP contribution >= 0.6 is 0 Å². The third kappa shape index (κ3) is 7.97. The van der Waals surface area contributed by atoms with Crippen LogP contribution in [0, 0.1) is 27.9 Å². The molecule has 0 amide bonds. The van der Waals surface area contributed by atoms with Crippen molar-refractivity contribution < 1.29 is 29.4 Å². The number of allylic oxidation sites excluding steroid dienone is 3. The number of hydrogen-bond donors (Lipinski definition) is 2. The summed E-state index contributed by atoms with van der Waals surface area (Å²) in [7, 11) is 0. The lowest BCUT2D eigenvalue weighted by Crippen LogP contribution is -2.36. The van der Waals surface area contributed by atoms with Gasteiger partial charge in [-0.05, 0) is 43.6 Å². The van der Waals surface area contributed by atoms with E-state index in [9.17, 15) is 20.0 Å². The van der Waals surface area contributed by atoms with Crippen molar-refractivity contribution in [2.24, 2.45) is 17.8 Å². The molecule has 0 radical (unpaired) electrons. The number of aliphatic hydroxyl groups is 1. The topological polar surface area (TPSA) is 119 Å². The second kappa shape index (κ2) is 13.8. The Morgan fingerprint density at radius 1 is 1.19 bits per heavy atom. The summed E-state index contributed by atoms with van der Waals surface area (Å²) in [6, 6.07) is 9.57. The maximum Gasteiger partial charge on any atom is 0.303 e. The molecule has 1 spiro atoms. The first kappa shape index (κ1) is 29.0. The molecule has 8 nitrogen and oxygen atoms in total. The van der Waals surface area contributed by atoms with Crippen molar-refractivity contribution in [2.75, 3.05) is 19.8 Å². The van der Waals surface area contributed by atoms with Gasteiger partial charge in [-0.3, -0.25) is 14.9 Å². The van der Waals surface area contributed by atoms with Gasteiger partial charge < -0.3 is 19.7 Å². The van der Waals surface area contributed by atoms with Crippen molar-refractivity contribution in [1.29, 1.82) is 0 Å². The minimum Gasteiger partial charge on any atom is -0.481 e. The zero-order valence-corrected chi connectivity index (χ0v) is 21.8. The van der Waals surface area contributed by atoms with Gasteiger partial charge in [-0.1, -0.05) is 74.4 Å². The predicted molar refractivity (Wildman–Crippen MR) is 140 cm³/mol. The number of carboxylic acid groups (broad SMARTS) is 1. The molecule has 2 N–H and O–H groups in total. The van der Waals surface area contributed by atoms with E-state index >= 15 is 0 Å². The Hall–Kier alpha value is -2.55. The molecule has 1 aliphatic carbocycles. The van der Waals surface area contributed by atoms with Gasteiger partial charge in [0.2, 0.25) is 6.54 Å². The van der Waals surface area contributed by atoms with Crippen LogP contribution in [0.3, 0.4) is 0 Å². The van der Waals surface area contributed by atoms with Gasteiger partial charge in [0, 0.05) is 29.6 Å². The monoisotopic (exact) mass is 515 g/mol. The van der Waals surface area contributed by atoms with Crippen LogP contribution in [0.2, 0.25) is 0 Å². The number of hydrogen-bond acceptors (Lipinski definition) is 6. The molecule has 0 aromatic heterocycles. The van der Waals surface area contributed by atoms with Gasteiger partial charge in [-0.25, -0.2) is 0 Å². The van der Waals surface area contributed by atoms with Gasteiger partial charge >= 0.3 is 5.97 Å². The van der Waals surface area contributed by atoms with Crippen molar-refractivity contribution in [2.45, 2.75) is 76.1 Å². The lowest BCUT2D eigenvalue weighted by molar-refractivity contribution is -0.489. The van der Waals surface area contributed by atoms with E-state index in [1.165, 1.54) is 0 Å². The van der Waals surface area contributed by atoms with Crippen molar-refractivity contribution in [1.82, 2.24) is 0 Å². The van der Waals surface area contributed by atoms with Crippen molar-refractivity contribution in [3.05, 3.63) is 70.3 Å². The van der Waals surface area contributed by atoms with Crippen LogP contribution in [-0.2, 0) is 19.9 Å². The molecule has 4 unspecified atom stereocenters. The predicted octanol–water partition coefficient (Wildman–Crippen LogP) is 5.48. The first-order chi connectivity index (χ1) is 17.8. The Balaban J connectivity index is 1.87. The van der Waals surface area contributed by atoms with Crippen LogP contribution in [0.5, 0.6) is 0 Å². The summed E-state index contributed by atoms with van der Waals surface area (Å²) in [5.74, 6) is -2.34. The fraction of sp³-hybridized carbons (Fsp3) is 0.621. The molecule has 1 heterocycles. The number of ether oxygens (including phenoxy) is 2. The lowest BCUT2D eigenvalue weighted by atomic mass is 9.82. The molecule has 1 saturated carbocycles. The Morgan fingerprint density at radius 2 is 1.92 bits per heavy atom. The number of nitro groups is 1. The first-order valence-electron chi connectivity index (χ1n) is 13.5. The Bertz CT molecular complexity index is 925. The number of carbonyl (C=O) groups is 1. The second-order valence-corrected chi connectivity index (χ2v) is 10.3. The highest BCUT2D eigenvalue weighted by atomic mass is 16.7. The zero-order valence-electron chi connectivity index (χ0n) is 21.8. The molecule has 1 aliphatic heterocycles. The average molecular weight is 516 g/mol. The number of benzene rings is 1. The quantitative estimate of drug-likeness (QED) is 0.137. The summed E-state index contributed by atoms with van der Waals surface area (Å²) in [6.07, 6.45) is 13.6. The largest absolute Gasteiger partial charge is 0.481 e. The number of unbranched alkanes of at least 4 members (excludes halogenated alkanes) is 3. The molecule has 8 heteroatoms. The first-order valence-corrected chi connectivity index (χ1v) is 13.5. The molecule has 3 rings (SSSR count). The van der Waals surface area contributed by atoms with E-state index < -0.39 is 17.4 Å². The van der Waals surface area contributed by atoms with Gasteiger partial charge in [-0.15, -0.1) is 0 Å². The van der Waals surface area contributed by atoms with Crippen LogP contribution < -0.4 is 0 Å². The molecular weight excluding hydrogens is 474 g/mol. The maximum absolute atomic E-state index is 11.8. The molecule has 0 bridgehead atoms. The van der Waals surface area contributed by atoms with Gasteiger partial charge in [0.25, 0.3) is 0 Å². The molecule has 1 aromatic carbocycles. The van der Waals surface area contributed by atoms with Crippen LogP contribution in [0.15, 0.2) is 54.6 Å². The highest BCUT2D eigenvalue weighted by Crippen LogP contribution is 2.52. The standard InChI is InChI=1S/C29H41NO7/c1-2-3-11-17-28(33,24-12-7-6-8-13-24)18-16-25-23(22-30(34)35)21-29(36-19-20-37-29)26(25)14-9-4-5-10-15-27(31)32/h4,6-9,12-13,16,18,23,25-26,33H,2-3,5,10-11,14-15,17,19-22H2,1H3,(H,31,32)/b9-4+,18-16-. The molecule has 4 atom stereocenters. The van der Waals surface area contributed by atoms with Gasteiger partial charge in [0.15, 0.2) is 5.79 Å².